The SMILES string of the molecule is O=C(Cc1cccs1)N(Cc1cccn1Cc1ccc(Br)cc1)C1CCCCC1. The average Bonchev–Trinajstić information content (AvgIpc) is 3.40. The van der Waals surface area contributed by atoms with E-state index in [1.807, 2.05) is 6.07 Å². The van der Waals surface area contributed by atoms with Crippen molar-refractivity contribution >= 4 is 33.2 Å². The van der Waals surface area contributed by atoms with E-state index in [1.54, 1.807) is 11.3 Å². The molecule has 3 aromatic rings. The Kier molecular flexibility index (Phi) is 6.88. The molecule has 0 unspecified atom stereocenters. The summed E-state index contributed by atoms with van der Waals surface area (Å²) in [5.41, 5.74) is 2.47. The van der Waals surface area contributed by atoms with Crippen LogP contribution in [-0.2, 0) is 24.3 Å². The van der Waals surface area contributed by atoms with E-state index in [9.17, 15) is 4.79 Å². The molecule has 0 bridgehead atoms. The molecule has 1 aromatic carbocycles. The fourth-order valence-corrected chi connectivity index (χ4v) is 5.15. The Balaban J connectivity index is 1.52. The molecule has 152 valence electrons. The molecule has 29 heavy (non-hydrogen) atoms. The third kappa shape index (κ3) is 5.40. The molecule has 1 amide bonds. The van der Waals surface area contributed by atoms with Crippen LogP contribution in [0.25, 0.3) is 0 Å². The van der Waals surface area contributed by atoms with Crippen LogP contribution in [0.2, 0.25) is 0 Å². The van der Waals surface area contributed by atoms with Crippen molar-refractivity contribution in [1.29, 1.82) is 0 Å². The normalized spacial score (nSPS) is 14.8. The monoisotopic (exact) mass is 470 g/mol. The summed E-state index contributed by atoms with van der Waals surface area (Å²) in [6.07, 6.45) is 8.65. The van der Waals surface area contributed by atoms with E-state index in [0.29, 0.717) is 19.0 Å². The summed E-state index contributed by atoms with van der Waals surface area (Å²) in [4.78, 5) is 16.6. The first-order valence-electron chi connectivity index (χ1n) is 10.4. The number of rotatable bonds is 7. The molecule has 0 N–H and O–H groups in total. The predicted octanol–water partition coefficient (Wildman–Crippen LogP) is 6.26. The first-order valence-corrected chi connectivity index (χ1v) is 12.1. The molecule has 1 saturated carbocycles. The van der Waals surface area contributed by atoms with Crippen LogP contribution in [0.15, 0.2) is 64.6 Å². The highest BCUT2D eigenvalue weighted by Crippen LogP contribution is 2.26. The molecule has 0 spiro atoms. The highest BCUT2D eigenvalue weighted by atomic mass is 79.9. The third-order valence-electron chi connectivity index (χ3n) is 5.76. The maximum atomic E-state index is 13.3. The number of hydrogen-bond acceptors (Lipinski definition) is 2. The topological polar surface area (TPSA) is 25.2 Å². The van der Waals surface area contributed by atoms with Crippen LogP contribution >= 0.6 is 27.3 Å². The van der Waals surface area contributed by atoms with Gasteiger partial charge in [-0.25, -0.2) is 0 Å². The van der Waals surface area contributed by atoms with Crippen molar-refractivity contribution in [2.75, 3.05) is 0 Å². The summed E-state index contributed by atoms with van der Waals surface area (Å²) < 4.78 is 3.37. The number of carbonyl (C=O) groups excluding carboxylic acids is 1. The van der Waals surface area contributed by atoms with Gasteiger partial charge in [-0.3, -0.25) is 4.79 Å². The zero-order valence-corrected chi connectivity index (χ0v) is 19.0. The van der Waals surface area contributed by atoms with Crippen molar-refractivity contribution in [2.45, 2.75) is 57.7 Å². The van der Waals surface area contributed by atoms with Crippen LogP contribution in [0.4, 0.5) is 0 Å². The molecule has 5 heteroatoms. The Morgan fingerprint density at radius 1 is 1.07 bits per heavy atom. The lowest BCUT2D eigenvalue weighted by Gasteiger charge is -2.35. The Hall–Kier alpha value is -1.85. The van der Waals surface area contributed by atoms with Gasteiger partial charge in [0.2, 0.25) is 5.91 Å². The minimum Gasteiger partial charge on any atom is -0.345 e. The van der Waals surface area contributed by atoms with Gasteiger partial charge in [-0.05, 0) is 54.1 Å². The molecule has 4 rings (SSSR count). The fourth-order valence-electron chi connectivity index (χ4n) is 4.19. The Morgan fingerprint density at radius 3 is 2.59 bits per heavy atom. The summed E-state index contributed by atoms with van der Waals surface area (Å²) in [7, 11) is 0. The minimum atomic E-state index is 0.260. The van der Waals surface area contributed by atoms with Crippen molar-refractivity contribution in [3.05, 3.63) is 80.7 Å². The summed E-state index contributed by atoms with van der Waals surface area (Å²) >= 11 is 5.18. The number of nitrogens with zero attached hydrogens (tertiary/aromatic N) is 2. The van der Waals surface area contributed by atoms with Gasteiger partial charge < -0.3 is 9.47 Å². The smallest absolute Gasteiger partial charge is 0.228 e. The van der Waals surface area contributed by atoms with Gasteiger partial charge in [-0.1, -0.05) is 53.4 Å². The molecule has 0 radical (unpaired) electrons. The van der Waals surface area contributed by atoms with Crippen molar-refractivity contribution in [3.63, 3.8) is 0 Å². The van der Waals surface area contributed by atoms with Crippen molar-refractivity contribution in [2.24, 2.45) is 0 Å². The van der Waals surface area contributed by atoms with E-state index in [0.717, 1.165) is 28.7 Å². The van der Waals surface area contributed by atoms with E-state index in [4.69, 9.17) is 0 Å². The van der Waals surface area contributed by atoms with E-state index >= 15 is 0 Å². The summed E-state index contributed by atoms with van der Waals surface area (Å²) in [5.74, 6) is 0.260. The van der Waals surface area contributed by atoms with Crippen molar-refractivity contribution in [3.8, 4) is 0 Å². The molecule has 1 fully saturated rings. The molecular weight excluding hydrogens is 444 g/mol. The first kappa shape index (κ1) is 20.4. The second-order valence-electron chi connectivity index (χ2n) is 7.82. The van der Waals surface area contributed by atoms with Gasteiger partial charge in [-0.2, -0.15) is 0 Å². The Morgan fingerprint density at radius 2 is 1.86 bits per heavy atom. The van der Waals surface area contributed by atoms with Crippen molar-refractivity contribution < 1.29 is 4.79 Å². The number of halogens is 1. The van der Waals surface area contributed by atoms with Gasteiger partial charge in [0.25, 0.3) is 0 Å². The number of hydrogen-bond donors (Lipinski definition) is 0. The van der Waals surface area contributed by atoms with E-state index < -0.39 is 0 Å². The summed E-state index contributed by atoms with van der Waals surface area (Å²) in [5, 5.41) is 2.05. The molecule has 0 atom stereocenters. The molecule has 2 heterocycles. The molecule has 1 aliphatic carbocycles. The Labute approximate surface area is 185 Å². The largest absolute Gasteiger partial charge is 0.345 e. The van der Waals surface area contributed by atoms with Gasteiger partial charge in [0.15, 0.2) is 0 Å². The third-order valence-corrected chi connectivity index (χ3v) is 7.17. The molecular formula is C24H27BrN2OS. The maximum absolute atomic E-state index is 13.3. The standard InChI is InChI=1S/C24H27BrN2OS/c25-20-12-10-19(11-13-20)17-26-14-4-8-22(26)18-27(21-6-2-1-3-7-21)24(28)16-23-9-5-15-29-23/h4-5,8-15,21H,1-3,6-7,16-18H2. The van der Waals surface area contributed by atoms with Gasteiger partial charge in [0, 0.05) is 33.8 Å². The van der Waals surface area contributed by atoms with Gasteiger partial charge in [0.1, 0.15) is 0 Å². The van der Waals surface area contributed by atoms with Crippen LogP contribution in [0.1, 0.15) is 48.2 Å². The maximum Gasteiger partial charge on any atom is 0.228 e. The lowest BCUT2D eigenvalue weighted by atomic mass is 9.93. The van der Waals surface area contributed by atoms with Gasteiger partial charge in [-0.15, -0.1) is 11.3 Å². The second kappa shape index (κ2) is 9.77. The highest BCUT2D eigenvalue weighted by molar-refractivity contribution is 9.10. The second-order valence-corrected chi connectivity index (χ2v) is 9.77. The number of amides is 1. The minimum absolute atomic E-state index is 0.260. The number of aromatic nitrogens is 1. The summed E-state index contributed by atoms with van der Waals surface area (Å²) in [6, 6.07) is 17.2. The van der Waals surface area contributed by atoms with Gasteiger partial charge >= 0.3 is 0 Å². The lowest BCUT2D eigenvalue weighted by molar-refractivity contribution is -0.134. The van der Waals surface area contributed by atoms with E-state index in [2.05, 4.69) is 79.4 Å². The van der Waals surface area contributed by atoms with Gasteiger partial charge in [0.05, 0.1) is 13.0 Å². The van der Waals surface area contributed by atoms with Crippen LogP contribution in [-0.4, -0.2) is 21.4 Å². The lowest BCUT2D eigenvalue weighted by Crippen LogP contribution is -2.42. The molecule has 0 aliphatic heterocycles. The van der Waals surface area contributed by atoms with E-state index in [1.165, 1.54) is 30.5 Å². The fraction of sp³-hybridized carbons (Fsp3) is 0.375. The van der Waals surface area contributed by atoms with E-state index in [-0.39, 0.29) is 5.91 Å². The number of benzene rings is 1. The zero-order chi connectivity index (χ0) is 20.1. The van der Waals surface area contributed by atoms with Crippen LogP contribution in [0.5, 0.6) is 0 Å². The summed E-state index contributed by atoms with van der Waals surface area (Å²) in [6.45, 7) is 1.52. The quantitative estimate of drug-likeness (QED) is 0.399. The molecule has 2 aromatic heterocycles. The molecule has 1 aliphatic rings. The Bertz CT molecular complexity index is 911. The zero-order valence-electron chi connectivity index (χ0n) is 16.6. The first-order chi connectivity index (χ1) is 14.2. The number of carbonyl (C=O) groups is 1. The predicted molar refractivity (Wildman–Crippen MR) is 123 cm³/mol. The van der Waals surface area contributed by atoms with Crippen molar-refractivity contribution in [1.82, 2.24) is 9.47 Å². The van der Waals surface area contributed by atoms with Crippen LogP contribution < -0.4 is 0 Å². The highest BCUT2D eigenvalue weighted by Gasteiger charge is 2.26. The molecule has 0 saturated heterocycles. The molecule has 3 nitrogen and oxygen atoms in total. The average molecular weight is 471 g/mol. The number of thiophene rings is 1. The van der Waals surface area contributed by atoms with Crippen LogP contribution in [0, 0.1) is 0 Å². The van der Waals surface area contributed by atoms with Crippen LogP contribution in [0.3, 0.4) is 0 Å².